The van der Waals surface area contributed by atoms with Gasteiger partial charge in [0, 0.05) is 24.6 Å². The largest absolute Gasteiger partial charge is 0.385 e. The lowest BCUT2D eigenvalue weighted by atomic mass is 10.1. The van der Waals surface area contributed by atoms with E-state index >= 15 is 0 Å². The summed E-state index contributed by atoms with van der Waals surface area (Å²) >= 11 is 5.01. The molecule has 1 rings (SSSR count). The fraction of sp³-hybridized carbons (Fsp3) is 0.583. The van der Waals surface area contributed by atoms with E-state index in [1.807, 2.05) is 26.0 Å². The highest BCUT2D eigenvalue weighted by Gasteiger charge is 2.18. The average Bonchev–Trinajstić information content (AvgIpc) is 2.72. The first-order chi connectivity index (χ1) is 8.04. The van der Waals surface area contributed by atoms with Crippen LogP contribution >= 0.6 is 27.3 Å². The first kappa shape index (κ1) is 14.7. The second kappa shape index (κ2) is 7.13. The van der Waals surface area contributed by atoms with E-state index in [2.05, 4.69) is 21.2 Å². The van der Waals surface area contributed by atoms with Crippen molar-refractivity contribution in [1.82, 2.24) is 5.32 Å². The van der Waals surface area contributed by atoms with Crippen molar-refractivity contribution in [3.63, 3.8) is 0 Å². The van der Waals surface area contributed by atoms with Gasteiger partial charge in [-0.3, -0.25) is 4.79 Å². The molecule has 0 aromatic carbocycles. The van der Waals surface area contributed by atoms with Crippen LogP contribution < -0.4 is 5.32 Å². The van der Waals surface area contributed by atoms with Crippen LogP contribution in [-0.2, 0) is 9.53 Å². The third-order valence-electron chi connectivity index (χ3n) is 2.56. The van der Waals surface area contributed by atoms with Crippen molar-refractivity contribution in [2.75, 3.05) is 13.7 Å². The lowest BCUT2D eigenvalue weighted by molar-refractivity contribution is -0.122. The molecule has 0 unspecified atom stereocenters. The van der Waals surface area contributed by atoms with Gasteiger partial charge in [-0.05, 0) is 48.3 Å². The third-order valence-corrected chi connectivity index (χ3v) is 4.36. The van der Waals surface area contributed by atoms with Crippen LogP contribution in [0.4, 0.5) is 0 Å². The maximum Gasteiger partial charge on any atom is 0.228 e. The molecule has 0 saturated heterocycles. The molecule has 2 atom stereocenters. The van der Waals surface area contributed by atoms with Crippen LogP contribution in [0, 0.1) is 0 Å². The second-order valence-corrected chi connectivity index (χ2v) is 6.55. The first-order valence-corrected chi connectivity index (χ1v) is 7.20. The number of halogens is 1. The van der Waals surface area contributed by atoms with Crippen molar-refractivity contribution < 1.29 is 9.53 Å². The summed E-state index contributed by atoms with van der Waals surface area (Å²) < 4.78 is 6.04. The molecule has 0 saturated carbocycles. The molecule has 0 spiro atoms. The highest BCUT2D eigenvalue weighted by atomic mass is 79.9. The Balaban J connectivity index is 2.47. The van der Waals surface area contributed by atoms with Crippen LogP contribution in [0.25, 0.3) is 0 Å². The van der Waals surface area contributed by atoms with Crippen molar-refractivity contribution >= 4 is 33.2 Å². The summed E-state index contributed by atoms with van der Waals surface area (Å²) in [5.41, 5.74) is 0. The second-order valence-electron chi connectivity index (χ2n) is 4.05. The van der Waals surface area contributed by atoms with Gasteiger partial charge in [0.1, 0.15) is 0 Å². The summed E-state index contributed by atoms with van der Waals surface area (Å²) in [6.45, 7) is 4.59. The maximum absolute atomic E-state index is 12.0. The topological polar surface area (TPSA) is 38.3 Å². The highest BCUT2D eigenvalue weighted by Crippen LogP contribution is 2.28. The smallest absolute Gasteiger partial charge is 0.228 e. The minimum atomic E-state index is -0.101. The SMILES string of the molecule is COCC[C@H](C)NC(=O)[C@H](C)c1ccc(Br)s1. The Morgan fingerprint density at radius 1 is 1.53 bits per heavy atom. The number of hydrogen-bond donors (Lipinski definition) is 1. The lowest BCUT2D eigenvalue weighted by Gasteiger charge is -2.16. The number of rotatable bonds is 6. The zero-order valence-electron chi connectivity index (χ0n) is 10.3. The van der Waals surface area contributed by atoms with Crippen molar-refractivity contribution in [3.8, 4) is 0 Å². The van der Waals surface area contributed by atoms with Crippen molar-refractivity contribution in [3.05, 3.63) is 20.8 Å². The molecule has 0 radical (unpaired) electrons. The van der Waals surface area contributed by atoms with E-state index in [0.717, 1.165) is 15.1 Å². The summed E-state index contributed by atoms with van der Waals surface area (Å²) in [6, 6.07) is 4.10. The summed E-state index contributed by atoms with van der Waals surface area (Å²) in [6.07, 6.45) is 0.836. The van der Waals surface area contributed by atoms with Gasteiger partial charge in [0.05, 0.1) is 9.70 Å². The Hall–Kier alpha value is -0.390. The van der Waals surface area contributed by atoms with Crippen LogP contribution in [0.2, 0.25) is 0 Å². The van der Waals surface area contributed by atoms with Gasteiger partial charge in [-0.15, -0.1) is 11.3 Å². The number of methoxy groups -OCH3 is 1. The average molecular weight is 320 g/mol. The van der Waals surface area contributed by atoms with Crippen LogP contribution in [0.1, 0.15) is 31.1 Å². The molecule has 0 aliphatic heterocycles. The van der Waals surface area contributed by atoms with Crippen LogP contribution in [0.5, 0.6) is 0 Å². The minimum absolute atomic E-state index is 0.0722. The summed E-state index contributed by atoms with van der Waals surface area (Å²) in [4.78, 5) is 13.0. The third kappa shape index (κ3) is 4.77. The minimum Gasteiger partial charge on any atom is -0.385 e. The van der Waals surface area contributed by atoms with Gasteiger partial charge >= 0.3 is 0 Å². The van der Waals surface area contributed by atoms with Crippen molar-refractivity contribution in [1.29, 1.82) is 0 Å². The highest BCUT2D eigenvalue weighted by molar-refractivity contribution is 9.11. The van der Waals surface area contributed by atoms with Crippen molar-refractivity contribution in [2.45, 2.75) is 32.2 Å². The maximum atomic E-state index is 12.0. The van der Waals surface area contributed by atoms with Gasteiger partial charge in [0.25, 0.3) is 0 Å². The molecule has 1 amide bonds. The van der Waals surface area contributed by atoms with Crippen LogP contribution in [0.15, 0.2) is 15.9 Å². The van der Waals surface area contributed by atoms with E-state index in [9.17, 15) is 4.79 Å². The van der Waals surface area contributed by atoms with Crippen molar-refractivity contribution in [2.24, 2.45) is 0 Å². The lowest BCUT2D eigenvalue weighted by Crippen LogP contribution is -2.35. The number of thiophene rings is 1. The summed E-state index contributed by atoms with van der Waals surface area (Å²) in [5, 5.41) is 2.99. The van der Waals surface area contributed by atoms with Crippen LogP contribution in [-0.4, -0.2) is 25.7 Å². The zero-order valence-corrected chi connectivity index (χ0v) is 12.7. The fourth-order valence-corrected chi connectivity index (χ4v) is 2.90. The van der Waals surface area contributed by atoms with E-state index in [4.69, 9.17) is 4.74 Å². The molecule has 17 heavy (non-hydrogen) atoms. The predicted octanol–water partition coefficient (Wildman–Crippen LogP) is 3.16. The van der Waals surface area contributed by atoms with Gasteiger partial charge in [-0.2, -0.15) is 0 Å². The van der Waals surface area contributed by atoms with Gasteiger partial charge in [-0.25, -0.2) is 0 Å². The van der Waals surface area contributed by atoms with Gasteiger partial charge in [0.2, 0.25) is 5.91 Å². The number of nitrogens with one attached hydrogen (secondary N) is 1. The molecule has 1 heterocycles. The Kier molecular flexibility index (Phi) is 6.16. The molecule has 0 aliphatic rings. The van der Waals surface area contributed by atoms with E-state index in [1.54, 1.807) is 18.4 Å². The Morgan fingerprint density at radius 3 is 2.76 bits per heavy atom. The molecule has 0 fully saturated rings. The molecule has 1 aromatic heterocycles. The molecular formula is C12H18BrNO2S. The fourth-order valence-electron chi connectivity index (χ4n) is 1.42. The Morgan fingerprint density at radius 2 is 2.24 bits per heavy atom. The Bertz CT molecular complexity index is 367. The molecule has 0 aliphatic carbocycles. The number of ether oxygens (including phenoxy) is 1. The van der Waals surface area contributed by atoms with Crippen LogP contribution in [0.3, 0.4) is 0 Å². The van der Waals surface area contributed by atoms with Gasteiger partial charge < -0.3 is 10.1 Å². The van der Waals surface area contributed by atoms with E-state index in [1.165, 1.54) is 0 Å². The van der Waals surface area contributed by atoms with Gasteiger partial charge in [-0.1, -0.05) is 0 Å². The molecule has 0 bridgehead atoms. The number of carbonyl (C=O) groups is 1. The van der Waals surface area contributed by atoms with E-state index < -0.39 is 0 Å². The monoisotopic (exact) mass is 319 g/mol. The zero-order chi connectivity index (χ0) is 12.8. The molecule has 1 N–H and O–H groups in total. The normalized spacial score (nSPS) is 14.4. The summed E-state index contributed by atoms with van der Waals surface area (Å²) in [5.74, 6) is -0.0285. The molecule has 96 valence electrons. The quantitative estimate of drug-likeness (QED) is 0.874. The Labute approximate surface area is 115 Å². The number of hydrogen-bond acceptors (Lipinski definition) is 3. The van der Waals surface area contributed by atoms with Gasteiger partial charge in [0.15, 0.2) is 0 Å². The predicted molar refractivity (Wildman–Crippen MR) is 74.5 cm³/mol. The van der Waals surface area contributed by atoms with E-state index in [-0.39, 0.29) is 17.9 Å². The molecular weight excluding hydrogens is 302 g/mol. The summed E-state index contributed by atoms with van der Waals surface area (Å²) in [7, 11) is 1.67. The molecule has 1 aromatic rings. The first-order valence-electron chi connectivity index (χ1n) is 5.59. The number of amides is 1. The molecule has 3 nitrogen and oxygen atoms in total. The number of carbonyl (C=O) groups excluding carboxylic acids is 1. The molecule has 5 heteroatoms. The van der Waals surface area contributed by atoms with E-state index in [0.29, 0.717) is 6.61 Å². The standard InChI is InChI=1S/C12H18BrNO2S/c1-8(6-7-16-3)14-12(15)9(2)10-4-5-11(13)17-10/h4-5,8-9H,6-7H2,1-3H3,(H,14,15)/t8-,9+/m0/s1.